The maximum Gasteiger partial charge on any atom is 0.343 e. The fourth-order valence-electron chi connectivity index (χ4n) is 4.27. The first-order valence-electron chi connectivity index (χ1n) is 14.4. The number of hydrogen-bond acceptors (Lipinski definition) is 4. The maximum atomic E-state index is 12.5. The summed E-state index contributed by atoms with van der Waals surface area (Å²) in [5.41, 5.74) is 3.87. The Balaban J connectivity index is 1.44. The van der Waals surface area contributed by atoms with Gasteiger partial charge in [-0.3, -0.25) is 0 Å². The van der Waals surface area contributed by atoms with Gasteiger partial charge in [-0.05, 0) is 72.9 Å². The van der Waals surface area contributed by atoms with Crippen LogP contribution < -0.4 is 9.47 Å². The standard InChI is InChI=1S/C34H44O4/c1-4-6-8-9-10-11-12-26-36-27(3)28-13-15-29(16-14-28)30-17-23-33(24-18-30)38-34(35)31-19-21-32(22-20-31)37-25-7-5-2/h13-24,27H,4-12,25-26H2,1-3H3. The summed E-state index contributed by atoms with van der Waals surface area (Å²) < 4.78 is 17.3. The summed E-state index contributed by atoms with van der Waals surface area (Å²) in [6.45, 7) is 7.99. The fourth-order valence-corrected chi connectivity index (χ4v) is 4.27. The molecular formula is C34H44O4. The van der Waals surface area contributed by atoms with Crippen LogP contribution in [-0.2, 0) is 4.74 Å². The van der Waals surface area contributed by atoms with Crippen LogP contribution in [0.1, 0.15) is 101 Å². The molecule has 0 radical (unpaired) electrons. The van der Waals surface area contributed by atoms with Gasteiger partial charge in [0.25, 0.3) is 0 Å². The van der Waals surface area contributed by atoms with Gasteiger partial charge < -0.3 is 14.2 Å². The predicted octanol–water partition coefficient (Wildman–Crippen LogP) is 9.58. The second-order valence-corrected chi connectivity index (χ2v) is 9.90. The Bertz CT molecular complexity index is 1060. The zero-order valence-corrected chi connectivity index (χ0v) is 23.4. The summed E-state index contributed by atoms with van der Waals surface area (Å²) in [5, 5.41) is 0. The maximum absolute atomic E-state index is 12.5. The average Bonchev–Trinajstić information content (AvgIpc) is 2.95. The van der Waals surface area contributed by atoms with Crippen molar-refractivity contribution < 1.29 is 19.0 Å². The minimum absolute atomic E-state index is 0.0860. The van der Waals surface area contributed by atoms with Gasteiger partial charge in [0.15, 0.2) is 0 Å². The van der Waals surface area contributed by atoms with Crippen LogP contribution in [0.2, 0.25) is 0 Å². The summed E-state index contributed by atoms with van der Waals surface area (Å²) in [6, 6.07) is 23.2. The van der Waals surface area contributed by atoms with Gasteiger partial charge >= 0.3 is 5.97 Å². The number of hydrogen-bond donors (Lipinski definition) is 0. The first-order valence-corrected chi connectivity index (χ1v) is 14.4. The van der Waals surface area contributed by atoms with Crippen molar-refractivity contribution in [1.82, 2.24) is 0 Å². The molecule has 0 spiro atoms. The molecule has 4 nitrogen and oxygen atoms in total. The minimum atomic E-state index is -0.382. The molecule has 0 saturated heterocycles. The average molecular weight is 517 g/mol. The lowest BCUT2D eigenvalue weighted by atomic mass is 10.0. The third kappa shape index (κ3) is 9.98. The summed E-state index contributed by atoms with van der Waals surface area (Å²) in [6.07, 6.45) is 11.2. The smallest absolute Gasteiger partial charge is 0.343 e. The monoisotopic (exact) mass is 516 g/mol. The third-order valence-electron chi connectivity index (χ3n) is 6.75. The molecule has 0 aromatic heterocycles. The summed E-state index contributed by atoms with van der Waals surface area (Å²) in [4.78, 5) is 12.5. The van der Waals surface area contributed by atoms with Crippen LogP contribution in [0, 0.1) is 0 Å². The van der Waals surface area contributed by atoms with Crippen molar-refractivity contribution in [3.8, 4) is 22.6 Å². The van der Waals surface area contributed by atoms with Gasteiger partial charge in [-0.15, -0.1) is 0 Å². The van der Waals surface area contributed by atoms with Crippen LogP contribution in [0.5, 0.6) is 11.5 Å². The second kappa shape index (κ2) is 16.7. The molecule has 3 aromatic carbocycles. The lowest BCUT2D eigenvalue weighted by Gasteiger charge is -2.14. The number of benzene rings is 3. The topological polar surface area (TPSA) is 44.8 Å². The number of esters is 1. The zero-order valence-electron chi connectivity index (χ0n) is 23.4. The number of unbranched alkanes of at least 4 members (excludes halogenated alkanes) is 7. The van der Waals surface area contributed by atoms with Crippen molar-refractivity contribution in [3.63, 3.8) is 0 Å². The van der Waals surface area contributed by atoms with Crippen LogP contribution in [0.4, 0.5) is 0 Å². The Morgan fingerprint density at radius 2 is 1.18 bits per heavy atom. The molecule has 4 heteroatoms. The minimum Gasteiger partial charge on any atom is -0.494 e. The van der Waals surface area contributed by atoms with Gasteiger partial charge in [-0.1, -0.05) is 95.2 Å². The Morgan fingerprint density at radius 1 is 0.632 bits per heavy atom. The molecule has 0 bridgehead atoms. The van der Waals surface area contributed by atoms with Gasteiger partial charge in [-0.25, -0.2) is 4.79 Å². The van der Waals surface area contributed by atoms with Crippen LogP contribution in [-0.4, -0.2) is 19.2 Å². The molecule has 204 valence electrons. The summed E-state index contributed by atoms with van der Waals surface area (Å²) >= 11 is 0. The fraction of sp³-hybridized carbons (Fsp3) is 0.441. The van der Waals surface area contributed by atoms with E-state index in [1.807, 2.05) is 24.3 Å². The summed E-state index contributed by atoms with van der Waals surface area (Å²) in [5.74, 6) is 0.901. The van der Waals surface area contributed by atoms with Crippen LogP contribution in [0.15, 0.2) is 72.8 Å². The van der Waals surface area contributed by atoms with E-state index in [9.17, 15) is 4.79 Å². The van der Waals surface area contributed by atoms with Crippen LogP contribution >= 0.6 is 0 Å². The molecule has 0 aliphatic carbocycles. The number of carbonyl (C=O) groups is 1. The Labute approximate surface area is 229 Å². The highest BCUT2D eigenvalue weighted by molar-refractivity contribution is 5.91. The van der Waals surface area contributed by atoms with Gasteiger partial charge in [0.1, 0.15) is 11.5 Å². The van der Waals surface area contributed by atoms with E-state index in [0.29, 0.717) is 17.9 Å². The number of carbonyl (C=O) groups excluding carboxylic acids is 1. The van der Waals surface area contributed by atoms with E-state index in [1.54, 1.807) is 24.3 Å². The first kappa shape index (κ1) is 29.4. The van der Waals surface area contributed by atoms with E-state index >= 15 is 0 Å². The lowest BCUT2D eigenvalue weighted by Crippen LogP contribution is -2.08. The second-order valence-electron chi connectivity index (χ2n) is 9.90. The highest BCUT2D eigenvalue weighted by Gasteiger charge is 2.10. The summed E-state index contributed by atoms with van der Waals surface area (Å²) in [7, 11) is 0. The van der Waals surface area contributed by atoms with Gasteiger partial charge in [0, 0.05) is 6.61 Å². The van der Waals surface area contributed by atoms with E-state index in [-0.39, 0.29) is 12.1 Å². The quantitative estimate of drug-likeness (QED) is 0.102. The van der Waals surface area contributed by atoms with E-state index in [1.165, 1.54) is 44.1 Å². The van der Waals surface area contributed by atoms with Gasteiger partial charge in [0.2, 0.25) is 0 Å². The lowest BCUT2D eigenvalue weighted by molar-refractivity contribution is 0.0627. The Kier molecular flexibility index (Phi) is 12.9. The molecule has 38 heavy (non-hydrogen) atoms. The van der Waals surface area contributed by atoms with Crippen molar-refractivity contribution in [2.75, 3.05) is 13.2 Å². The van der Waals surface area contributed by atoms with Crippen molar-refractivity contribution in [3.05, 3.63) is 83.9 Å². The normalized spacial score (nSPS) is 11.8. The number of ether oxygens (including phenoxy) is 3. The molecule has 3 rings (SSSR count). The van der Waals surface area contributed by atoms with Crippen LogP contribution in [0.25, 0.3) is 11.1 Å². The van der Waals surface area contributed by atoms with Gasteiger partial charge in [-0.2, -0.15) is 0 Å². The molecule has 0 saturated carbocycles. The predicted molar refractivity (Wildman–Crippen MR) is 156 cm³/mol. The van der Waals surface area contributed by atoms with E-state index in [4.69, 9.17) is 14.2 Å². The highest BCUT2D eigenvalue weighted by atomic mass is 16.5. The SMILES string of the molecule is CCCCCCCCCOC(C)c1ccc(-c2ccc(OC(=O)c3ccc(OCCCC)cc3)cc2)cc1. The number of rotatable bonds is 17. The van der Waals surface area contributed by atoms with E-state index in [0.717, 1.165) is 42.7 Å². The van der Waals surface area contributed by atoms with Crippen molar-refractivity contribution in [1.29, 1.82) is 0 Å². The molecule has 0 aliphatic rings. The molecule has 0 amide bonds. The molecule has 0 N–H and O–H groups in total. The van der Waals surface area contributed by atoms with Crippen molar-refractivity contribution >= 4 is 5.97 Å². The molecular weight excluding hydrogens is 472 g/mol. The van der Waals surface area contributed by atoms with E-state index < -0.39 is 0 Å². The Hall–Kier alpha value is -3.11. The largest absolute Gasteiger partial charge is 0.494 e. The molecule has 0 heterocycles. The molecule has 1 unspecified atom stereocenters. The van der Waals surface area contributed by atoms with Crippen LogP contribution in [0.3, 0.4) is 0 Å². The third-order valence-corrected chi connectivity index (χ3v) is 6.75. The first-order chi connectivity index (χ1) is 18.6. The van der Waals surface area contributed by atoms with Gasteiger partial charge in [0.05, 0.1) is 18.3 Å². The molecule has 0 aliphatic heterocycles. The van der Waals surface area contributed by atoms with Crippen molar-refractivity contribution in [2.24, 2.45) is 0 Å². The van der Waals surface area contributed by atoms with E-state index in [2.05, 4.69) is 45.0 Å². The van der Waals surface area contributed by atoms with Crippen molar-refractivity contribution in [2.45, 2.75) is 84.7 Å². The molecule has 3 aromatic rings. The zero-order chi connectivity index (χ0) is 27.0. The molecule has 1 atom stereocenters. The molecule has 0 fully saturated rings. The Morgan fingerprint density at radius 3 is 1.82 bits per heavy atom. The highest BCUT2D eigenvalue weighted by Crippen LogP contribution is 2.26.